The van der Waals surface area contributed by atoms with Gasteiger partial charge in [0.15, 0.2) is 0 Å². The quantitative estimate of drug-likeness (QED) is 0.192. The first-order chi connectivity index (χ1) is 24.3. The third kappa shape index (κ3) is 3.66. The molecule has 7 aromatic carbocycles. The molecule has 228 valence electrons. The number of pyridine rings is 1. The third-order valence-electron chi connectivity index (χ3n) is 10.2. The molecule has 0 radical (unpaired) electrons. The first-order valence-electron chi connectivity index (χ1n) is 16.7. The average Bonchev–Trinajstić information content (AvgIpc) is 3.83. The van der Waals surface area contributed by atoms with Crippen molar-refractivity contribution in [1.82, 2.24) is 18.5 Å². The molecule has 0 N–H and O–H groups in total. The Morgan fingerprint density at radius 3 is 1.41 bits per heavy atom. The lowest BCUT2D eigenvalue weighted by Gasteiger charge is -2.13. The lowest BCUT2D eigenvalue weighted by atomic mass is 10.0. The highest BCUT2D eigenvalue weighted by atomic mass is 15.1. The SMILES string of the molecule is c1ccc2c(c1)nc1c3ccccc3c3c4ccccc4n(-c4ccc(-c5ccc(-n6c7ccccc7c7ccccc76)cc5)cc4)c3n21. The summed E-state index contributed by atoms with van der Waals surface area (Å²) in [5.41, 5.74) is 12.5. The maximum atomic E-state index is 5.16. The highest BCUT2D eigenvalue weighted by Crippen LogP contribution is 2.40. The van der Waals surface area contributed by atoms with Gasteiger partial charge in [0.25, 0.3) is 0 Å². The van der Waals surface area contributed by atoms with E-state index in [0.29, 0.717) is 0 Å². The molecule has 11 aromatic rings. The van der Waals surface area contributed by atoms with E-state index in [1.54, 1.807) is 0 Å². The van der Waals surface area contributed by atoms with Gasteiger partial charge in [0, 0.05) is 38.3 Å². The molecule has 0 aliphatic heterocycles. The lowest BCUT2D eigenvalue weighted by Crippen LogP contribution is -1.99. The Morgan fingerprint density at radius 1 is 0.347 bits per heavy atom. The summed E-state index contributed by atoms with van der Waals surface area (Å²) >= 11 is 0. The Morgan fingerprint density at radius 2 is 0.796 bits per heavy atom. The maximum absolute atomic E-state index is 5.16. The van der Waals surface area contributed by atoms with Crippen LogP contribution >= 0.6 is 0 Å². The minimum absolute atomic E-state index is 0.980. The molecular weight excluding hydrogens is 597 g/mol. The van der Waals surface area contributed by atoms with Gasteiger partial charge in [0.05, 0.1) is 27.6 Å². The number of fused-ring (bicyclic) bond motifs is 13. The van der Waals surface area contributed by atoms with Crippen molar-refractivity contribution in [3.63, 3.8) is 0 Å². The van der Waals surface area contributed by atoms with E-state index in [0.717, 1.165) is 39.1 Å². The summed E-state index contributed by atoms with van der Waals surface area (Å²) in [6, 6.07) is 61.2. The van der Waals surface area contributed by atoms with E-state index in [9.17, 15) is 0 Å². The van der Waals surface area contributed by atoms with Crippen molar-refractivity contribution in [3.05, 3.63) is 170 Å². The molecule has 0 saturated carbocycles. The molecule has 0 amide bonds. The van der Waals surface area contributed by atoms with Gasteiger partial charge >= 0.3 is 0 Å². The number of rotatable bonds is 3. The van der Waals surface area contributed by atoms with Gasteiger partial charge in [-0.3, -0.25) is 8.97 Å². The van der Waals surface area contributed by atoms with Crippen LogP contribution in [0.5, 0.6) is 0 Å². The Balaban J connectivity index is 1.09. The van der Waals surface area contributed by atoms with Crippen molar-refractivity contribution in [1.29, 1.82) is 0 Å². The number of benzene rings is 7. The molecule has 0 saturated heterocycles. The van der Waals surface area contributed by atoms with Gasteiger partial charge in [-0.1, -0.05) is 115 Å². The second-order valence-corrected chi connectivity index (χ2v) is 12.8. The summed E-state index contributed by atoms with van der Waals surface area (Å²) < 4.78 is 7.13. The fraction of sp³-hybridized carbons (Fsp3) is 0. The summed E-state index contributed by atoms with van der Waals surface area (Å²) in [4.78, 5) is 5.16. The van der Waals surface area contributed by atoms with Gasteiger partial charge in [0.2, 0.25) is 0 Å². The number of aromatic nitrogens is 4. The van der Waals surface area contributed by atoms with E-state index in [1.165, 1.54) is 54.6 Å². The Bertz CT molecular complexity index is 3030. The largest absolute Gasteiger partial charge is 0.309 e. The highest BCUT2D eigenvalue weighted by molar-refractivity contribution is 6.24. The van der Waals surface area contributed by atoms with Crippen LogP contribution in [0.15, 0.2) is 170 Å². The van der Waals surface area contributed by atoms with Crippen molar-refractivity contribution in [3.8, 4) is 22.5 Å². The lowest BCUT2D eigenvalue weighted by molar-refractivity contribution is 1.11. The monoisotopic (exact) mass is 624 g/mol. The molecule has 0 aliphatic rings. The highest BCUT2D eigenvalue weighted by Gasteiger charge is 2.21. The number of hydrogen-bond acceptors (Lipinski definition) is 1. The predicted molar refractivity (Wildman–Crippen MR) is 204 cm³/mol. The van der Waals surface area contributed by atoms with Crippen molar-refractivity contribution < 1.29 is 0 Å². The standard InChI is InChI=1S/C45H28N4/c1-2-14-36-35(13-1)43-37-15-5-9-19-41(37)48(45(43)49-42-20-10-6-16-38(42)46-44(36)49)32-27-23-30(24-28-32)29-21-25-31(26-22-29)47-39-17-7-3-11-33(39)34-12-4-8-18-40(34)47/h1-28H. The molecule has 0 spiro atoms. The Kier molecular flexibility index (Phi) is 5.35. The molecule has 4 aromatic heterocycles. The smallest absolute Gasteiger partial charge is 0.147 e. The minimum Gasteiger partial charge on any atom is -0.309 e. The minimum atomic E-state index is 0.980. The number of hydrogen-bond donors (Lipinski definition) is 0. The predicted octanol–water partition coefficient (Wildman–Crippen LogP) is 11.5. The van der Waals surface area contributed by atoms with Gasteiger partial charge in [-0.15, -0.1) is 0 Å². The second kappa shape index (κ2) is 9.93. The molecule has 49 heavy (non-hydrogen) atoms. The molecule has 0 fully saturated rings. The van der Waals surface area contributed by atoms with Gasteiger partial charge in [-0.05, 0) is 71.1 Å². The van der Waals surface area contributed by atoms with Crippen molar-refractivity contribution in [2.75, 3.05) is 0 Å². The third-order valence-corrected chi connectivity index (χ3v) is 10.2. The molecule has 4 nitrogen and oxygen atoms in total. The summed E-state index contributed by atoms with van der Waals surface area (Å²) in [5.74, 6) is 0. The molecule has 0 atom stereocenters. The first kappa shape index (κ1) is 26.4. The van der Waals surface area contributed by atoms with Crippen LogP contribution in [0, 0.1) is 0 Å². The molecule has 11 rings (SSSR count). The fourth-order valence-electron chi connectivity index (χ4n) is 8.09. The van der Waals surface area contributed by atoms with Gasteiger partial charge in [-0.2, -0.15) is 0 Å². The van der Waals surface area contributed by atoms with Crippen LogP contribution < -0.4 is 0 Å². The zero-order valence-electron chi connectivity index (χ0n) is 26.5. The fourth-order valence-corrected chi connectivity index (χ4v) is 8.09. The van der Waals surface area contributed by atoms with Crippen LogP contribution in [0.4, 0.5) is 0 Å². The summed E-state index contributed by atoms with van der Waals surface area (Å²) in [6.07, 6.45) is 0. The van der Waals surface area contributed by atoms with Crippen LogP contribution in [0.25, 0.3) is 93.7 Å². The van der Waals surface area contributed by atoms with Gasteiger partial charge in [0.1, 0.15) is 11.3 Å². The van der Waals surface area contributed by atoms with Gasteiger partial charge < -0.3 is 4.57 Å². The van der Waals surface area contributed by atoms with E-state index in [-0.39, 0.29) is 0 Å². The Hall–Kier alpha value is -6.65. The van der Waals surface area contributed by atoms with E-state index in [4.69, 9.17) is 4.98 Å². The van der Waals surface area contributed by atoms with Gasteiger partial charge in [-0.25, -0.2) is 4.98 Å². The van der Waals surface area contributed by atoms with Crippen LogP contribution in [0.1, 0.15) is 0 Å². The molecular formula is C45H28N4. The number of imidazole rings is 1. The second-order valence-electron chi connectivity index (χ2n) is 12.8. The first-order valence-corrected chi connectivity index (χ1v) is 16.7. The average molecular weight is 625 g/mol. The summed E-state index contributed by atoms with van der Waals surface area (Å²) in [5, 5.41) is 7.40. The number of para-hydroxylation sites is 5. The van der Waals surface area contributed by atoms with Crippen molar-refractivity contribution in [2.45, 2.75) is 0 Å². The van der Waals surface area contributed by atoms with Crippen molar-refractivity contribution in [2.24, 2.45) is 0 Å². The summed E-state index contributed by atoms with van der Waals surface area (Å²) in [6.45, 7) is 0. The zero-order valence-corrected chi connectivity index (χ0v) is 26.5. The maximum Gasteiger partial charge on any atom is 0.147 e. The van der Waals surface area contributed by atoms with Crippen LogP contribution in [-0.4, -0.2) is 18.5 Å². The van der Waals surface area contributed by atoms with Crippen LogP contribution in [-0.2, 0) is 0 Å². The van der Waals surface area contributed by atoms with E-state index in [1.807, 2.05) is 0 Å². The molecule has 4 heteroatoms. The van der Waals surface area contributed by atoms with E-state index in [2.05, 4.69) is 183 Å². The Labute approximate surface area is 281 Å². The van der Waals surface area contributed by atoms with E-state index >= 15 is 0 Å². The van der Waals surface area contributed by atoms with Crippen LogP contribution in [0.2, 0.25) is 0 Å². The summed E-state index contributed by atoms with van der Waals surface area (Å²) in [7, 11) is 0. The van der Waals surface area contributed by atoms with Crippen LogP contribution in [0.3, 0.4) is 0 Å². The number of nitrogens with zero attached hydrogens (tertiary/aromatic N) is 4. The molecule has 0 aliphatic carbocycles. The normalized spacial score (nSPS) is 12.1. The molecule has 0 bridgehead atoms. The molecule has 0 unspecified atom stereocenters. The topological polar surface area (TPSA) is 27.2 Å². The zero-order chi connectivity index (χ0) is 32.1. The van der Waals surface area contributed by atoms with Crippen molar-refractivity contribution >= 4 is 71.2 Å². The van der Waals surface area contributed by atoms with E-state index < -0.39 is 0 Å². The molecule has 4 heterocycles.